The highest BCUT2D eigenvalue weighted by atomic mass is 19.4. The maximum Gasteiger partial charge on any atom is 0.417 e. The molecule has 1 heterocycles. The molecule has 6 nitrogen and oxygen atoms in total. The third-order valence-corrected chi connectivity index (χ3v) is 3.08. The molecule has 0 unspecified atom stereocenters. The van der Waals surface area contributed by atoms with E-state index >= 15 is 0 Å². The Bertz CT molecular complexity index is 871. The Morgan fingerprint density at radius 3 is 2.32 bits per heavy atom. The molecule has 2 amide bonds. The summed E-state index contributed by atoms with van der Waals surface area (Å²) in [5.41, 5.74) is -1.99. The van der Waals surface area contributed by atoms with Crippen molar-refractivity contribution in [1.29, 1.82) is 0 Å². The number of hydrogen-bond acceptors (Lipinski definition) is 3. The Morgan fingerprint density at radius 2 is 1.76 bits per heavy atom. The molecular weight excluding hydrogens is 339 g/mol. The minimum absolute atomic E-state index is 0.0911. The lowest BCUT2D eigenvalue weighted by Crippen LogP contribution is -2.21. The third kappa shape index (κ3) is 4.56. The fourth-order valence-electron chi connectivity index (χ4n) is 1.83. The van der Waals surface area contributed by atoms with Crippen LogP contribution in [0.1, 0.15) is 15.9 Å². The number of anilines is 2. The molecule has 0 spiro atoms. The zero-order valence-electron chi connectivity index (χ0n) is 12.6. The van der Waals surface area contributed by atoms with Gasteiger partial charge in [-0.15, -0.1) is 0 Å². The van der Waals surface area contributed by atoms with E-state index in [4.69, 9.17) is 0 Å². The van der Waals surface area contributed by atoms with Crippen molar-refractivity contribution in [3.63, 3.8) is 0 Å². The zero-order chi connectivity index (χ0) is 18.6. The number of nitrogens with one attached hydrogen (secondary N) is 3. The van der Waals surface area contributed by atoms with Gasteiger partial charge in [-0.1, -0.05) is 6.58 Å². The van der Waals surface area contributed by atoms with E-state index in [9.17, 15) is 27.6 Å². The maximum absolute atomic E-state index is 12.7. The highest BCUT2D eigenvalue weighted by molar-refractivity contribution is 6.05. The molecular formula is C16H12F3N3O3. The first-order valence-corrected chi connectivity index (χ1v) is 6.85. The van der Waals surface area contributed by atoms with Crippen LogP contribution >= 0.6 is 0 Å². The molecule has 0 saturated heterocycles. The number of carbonyl (C=O) groups is 2. The molecule has 25 heavy (non-hydrogen) atoms. The SMILES string of the molecule is C=CC(=O)Nc1ccc(C(=O)Nc2cc(C(F)(F)F)c[nH]c2=O)cc1. The van der Waals surface area contributed by atoms with Gasteiger partial charge in [0.2, 0.25) is 5.91 Å². The second kappa shape index (κ2) is 7.04. The lowest BCUT2D eigenvalue weighted by atomic mass is 10.2. The molecule has 0 aliphatic heterocycles. The van der Waals surface area contributed by atoms with Gasteiger partial charge < -0.3 is 15.6 Å². The van der Waals surface area contributed by atoms with Crippen molar-refractivity contribution < 1.29 is 22.8 Å². The molecule has 0 aliphatic rings. The lowest BCUT2D eigenvalue weighted by molar-refractivity contribution is -0.137. The zero-order valence-corrected chi connectivity index (χ0v) is 12.6. The van der Waals surface area contributed by atoms with Crippen LogP contribution in [0.3, 0.4) is 0 Å². The Kier molecular flexibility index (Phi) is 5.06. The maximum atomic E-state index is 12.7. The number of aromatic nitrogens is 1. The van der Waals surface area contributed by atoms with E-state index in [1.165, 1.54) is 24.3 Å². The van der Waals surface area contributed by atoms with Crippen LogP contribution in [0.15, 0.2) is 54.0 Å². The smallest absolute Gasteiger partial charge is 0.327 e. The predicted octanol–water partition coefficient (Wildman–Crippen LogP) is 2.77. The lowest BCUT2D eigenvalue weighted by Gasteiger charge is -2.09. The van der Waals surface area contributed by atoms with Crippen LogP contribution in [0.2, 0.25) is 0 Å². The molecule has 0 atom stereocenters. The van der Waals surface area contributed by atoms with E-state index in [0.29, 0.717) is 18.0 Å². The molecule has 130 valence electrons. The van der Waals surface area contributed by atoms with Crippen LogP contribution in [0, 0.1) is 0 Å². The molecule has 3 N–H and O–H groups in total. The highest BCUT2D eigenvalue weighted by Crippen LogP contribution is 2.29. The first kappa shape index (κ1) is 18.0. The van der Waals surface area contributed by atoms with Crippen LogP contribution in [-0.4, -0.2) is 16.8 Å². The van der Waals surface area contributed by atoms with E-state index in [1.807, 2.05) is 4.98 Å². The number of amides is 2. The molecule has 0 bridgehead atoms. The Balaban J connectivity index is 2.18. The summed E-state index contributed by atoms with van der Waals surface area (Å²) in [5.74, 6) is -1.21. The van der Waals surface area contributed by atoms with Crippen molar-refractivity contribution in [3.8, 4) is 0 Å². The van der Waals surface area contributed by atoms with Gasteiger partial charge in [0.05, 0.1) is 5.56 Å². The number of benzene rings is 1. The van der Waals surface area contributed by atoms with Gasteiger partial charge in [0, 0.05) is 17.4 Å². The summed E-state index contributed by atoms with van der Waals surface area (Å²) in [6.07, 6.45) is -3.07. The van der Waals surface area contributed by atoms with Crippen LogP contribution in [0.4, 0.5) is 24.5 Å². The van der Waals surface area contributed by atoms with Crippen molar-refractivity contribution in [3.05, 3.63) is 70.7 Å². The topological polar surface area (TPSA) is 91.1 Å². The second-order valence-electron chi connectivity index (χ2n) is 4.85. The summed E-state index contributed by atoms with van der Waals surface area (Å²) >= 11 is 0. The molecule has 2 rings (SSSR count). The van der Waals surface area contributed by atoms with Crippen molar-refractivity contribution in [2.75, 3.05) is 10.6 Å². The number of H-pyrrole nitrogens is 1. The minimum atomic E-state index is -4.66. The third-order valence-electron chi connectivity index (χ3n) is 3.08. The molecule has 0 radical (unpaired) electrons. The van der Waals surface area contributed by atoms with Crippen molar-refractivity contribution in [2.24, 2.45) is 0 Å². The number of halogens is 3. The predicted molar refractivity (Wildman–Crippen MR) is 85.3 cm³/mol. The summed E-state index contributed by atoms with van der Waals surface area (Å²) in [6.45, 7) is 3.29. The molecule has 9 heteroatoms. The van der Waals surface area contributed by atoms with Gasteiger partial charge in [0.15, 0.2) is 0 Å². The fraction of sp³-hybridized carbons (Fsp3) is 0.0625. The number of pyridine rings is 1. The van der Waals surface area contributed by atoms with Gasteiger partial charge in [0.1, 0.15) is 5.69 Å². The quantitative estimate of drug-likeness (QED) is 0.740. The first-order chi connectivity index (χ1) is 11.7. The van der Waals surface area contributed by atoms with E-state index in [1.54, 1.807) is 0 Å². The average Bonchev–Trinajstić information content (AvgIpc) is 2.56. The van der Waals surface area contributed by atoms with E-state index in [2.05, 4.69) is 17.2 Å². The summed E-state index contributed by atoms with van der Waals surface area (Å²) in [5, 5.41) is 4.60. The summed E-state index contributed by atoms with van der Waals surface area (Å²) in [6, 6.07) is 6.08. The Morgan fingerprint density at radius 1 is 1.12 bits per heavy atom. The average molecular weight is 351 g/mol. The van der Waals surface area contributed by atoms with Gasteiger partial charge >= 0.3 is 6.18 Å². The highest BCUT2D eigenvalue weighted by Gasteiger charge is 2.31. The number of carbonyl (C=O) groups excluding carboxylic acids is 2. The summed E-state index contributed by atoms with van der Waals surface area (Å²) < 4.78 is 38.0. The molecule has 2 aromatic rings. The molecule has 0 aliphatic carbocycles. The van der Waals surface area contributed by atoms with Gasteiger partial charge in [-0.05, 0) is 36.4 Å². The standard InChI is InChI=1S/C16H12F3N3O3/c1-2-13(23)21-11-5-3-9(4-6-11)14(24)22-12-7-10(16(17,18)19)8-20-15(12)25/h2-8H,1H2,(H,20,25)(H,21,23)(H,22,24). The first-order valence-electron chi connectivity index (χ1n) is 6.85. The van der Waals surface area contributed by atoms with Gasteiger partial charge in [-0.3, -0.25) is 14.4 Å². The summed E-state index contributed by atoms with van der Waals surface area (Å²) in [4.78, 5) is 36.7. The van der Waals surface area contributed by atoms with Crippen molar-refractivity contribution in [2.45, 2.75) is 6.18 Å². The minimum Gasteiger partial charge on any atom is -0.327 e. The molecule has 1 aromatic carbocycles. The normalized spacial score (nSPS) is 10.8. The van der Waals surface area contributed by atoms with Crippen LogP contribution in [0.5, 0.6) is 0 Å². The molecule has 1 aromatic heterocycles. The summed E-state index contributed by atoms with van der Waals surface area (Å²) in [7, 11) is 0. The molecule has 0 fully saturated rings. The van der Waals surface area contributed by atoms with Crippen LogP contribution < -0.4 is 16.2 Å². The van der Waals surface area contributed by atoms with Gasteiger partial charge in [-0.25, -0.2) is 0 Å². The Labute approximate surface area is 139 Å². The number of alkyl halides is 3. The fourth-order valence-corrected chi connectivity index (χ4v) is 1.83. The van der Waals surface area contributed by atoms with Crippen molar-refractivity contribution >= 4 is 23.2 Å². The second-order valence-corrected chi connectivity index (χ2v) is 4.85. The van der Waals surface area contributed by atoms with Gasteiger partial charge in [-0.2, -0.15) is 13.2 Å². The van der Waals surface area contributed by atoms with E-state index in [0.717, 1.165) is 6.08 Å². The van der Waals surface area contributed by atoms with Crippen molar-refractivity contribution in [1.82, 2.24) is 4.98 Å². The number of hydrogen-bond donors (Lipinski definition) is 3. The van der Waals surface area contributed by atoms with Gasteiger partial charge in [0.25, 0.3) is 11.5 Å². The largest absolute Gasteiger partial charge is 0.417 e. The van der Waals surface area contributed by atoms with E-state index in [-0.39, 0.29) is 5.56 Å². The molecule has 0 saturated carbocycles. The van der Waals surface area contributed by atoms with Crippen LogP contribution in [-0.2, 0) is 11.0 Å². The van der Waals surface area contributed by atoms with Crippen LogP contribution in [0.25, 0.3) is 0 Å². The monoisotopic (exact) mass is 351 g/mol. The number of rotatable bonds is 4. The Hall–Kier alpha value is -3.36. The van der Waals surface area contributed by atoms with E-state index < -0.39 is 34.8 Å². The number of aromatic amines is 1.